The third kappa shape index (κ3) is 3.22. The maximum atomic E-state index is 12.7. The molecule has 1 fully saturated rings. The minimum Gasteiger partial charge on any atom is -0.322 e. The van der Waals surface area contributed by atoms with Gasteiger partial charge in [0.05, 0.1) is 0 Å². The van der Waals surface area contributed by atoms with Crippen molar-refractivity contribution < 1.29 is 14.4 Å². The van der Waals surface area contributed by atoms with Crippen molar-refractivity contribution in [2.24, 2.45) is 0 Å². The molecule has 3 rings (SSSR count). The van der Waals surface area contributed by atoms with Crippen molar-refractivity contribution in [3.63, 3.8) is 0 Å². The molecule has 1 N–H and O–H groups in total. The molecular weight excluding hydrogens is 372 g/mol. The number of amides is 3. The van der Waals surface area contributed by atoms with Gasteiger partial charge in [-0.2, -0.15) is 0 Å². The molecule has 0 aromatic heterocycles. The molecule has 2 heterocycles. The van der Waals surface area contributed by atoms with Gasteiger partial charge >= 0.3 is 0 Å². The Morgan fingerprint density at radius 2 is 2.12 bits per heavy atom. The van der Waals surface area contributed by atoms with Gasteiger partial charge in [0, 0.05) is 35.8 Å². The molecule has 1 saturated heterocycles. The zero-order valence-electron chi connectivity index (χ0n) is 13.1. The molecule has 1 unspecified atom stereocenters. The van der Waals surface area contributed by atoms with Crippen molar-refractivity contribution >= 4 is 33.7 Å². The molecule has 5 nitrogen and oxygen atoms in total. The van der Waals surface area contributed by atoms with E-state index in [2.05, 4.69) is 33.1 Å². The van der Waals surface area contributed by atoms with Gasteiger partial charge in [0.25, 0.3) is 5.91 Å². The van der Waals surface area contributed by atoms with E-state index in [1.165, 1.54) is 0 Å². The lowest BCUT2D eigenvalue weighted by atomic mass is 10.0. The fraction of sp³-hybridized carbons (Fsp3) is 0.389. The Balaban J connectivity index is 1.83. The second-order valence-electron chi connectivity index (χ2n) is 5.83. The van der Waals surface area contributed by atoms with Gasteiger partial charge in [-0.05, 0) is 30.5 Å². The molecule has 6 heteroatoms. The zero-order valence-corrected chi connectivity index (χ0v) is 14.7. The SMILES string of the molecule is O=C1CCC(N2Cc3c(C#CCCCBr)cccc3C2=O)C(=O)N1. The first kappa shape index (κ1) is 16.7. The first-order chi connectivity index (χ1) is 11.6. The molecule has 0 bridgehead atoms. The molecule has 1 aromatic carbocycles. The number of piperidine rings is 1. The van der Waals surface area contributed by atoms with Crippen LogP contribution in [0.2, 0.25) is 0 Å². The predicted octanol–water partition coefficient (Wildman–Crippen LogP) is 1.97. The highest BCUT2D eigenvalue weighted by Gasteiger charge is 2.39. The van der Waals surface area contributed by atoms with Gasteiger partial charge in [-0.1, -0.05) is 33.8 Å². The highest BCUT2D eigenvalue weighted by molar-refractivity contribution is 9.09. The number of imide groups is 1. The van der Waals surface area contributed by atoms with E-state index in [0.29, 0.717) is 18.5 Å². The van der Waals surface area contributed by atoms with Gasteiger partial charge in [-0.15, -0.1) is 0 Å². The van der Waals surface area contributed by atoms with E-state index < -0.39 is 11.9 Å². The Morgan fingerprint density at radius 3 is 2.88 bits per heavy atom. The van der Waals surface area contributed by atoms with Crippen LogP contribution in [0.1, 0.15) is 47.2 Å². The Morgan fingerprint density at radius 1 is 1.29 bits per heavy atom. The van der Waals surface area contributed by atoms with E-state index in [1.807, 2.05) is 12.1 Å². The Labute approximate surface area is 148 Å². The van der Waals surface area contributed by atoms with Crippen LogP contribution in [0, 0.1) is 11.8 Å². The smallest absolute Gasteiger partial charge is 0.255 e. The molecule has 1 atom stereocenters. The summed E-state index contributed by atoms with van der Waals surface area (Å²) < 4.78 is 0. The number of unbranched alkanes of at least 4 members (excludes halogenated alkanes) is 1. The lowest BCUT2D eigenvalue weighted by molar-refractivity contribution is -0.136. The minimum atomic E-state index is -0.586. The number of halogens is 1. The van der Waals surface area contributed by atoms with Crippen LogP contribution in [0.4, 0.5) is 0 Å². The van der Waals surface area contributed by atoms with Crippen LogP contribution < -0.4 is 5.32 Å². The largest absolute Gasteiger partial charge is 0.322 e. The molecular formula is C18H17BrN2O3. The van der Waals surface area contributed by atoms with Crippen LogP contribution in [0.25, 0.3) is 0 Å². The molecule has 0 saturated carbocycles. The highest BCUT2D eigenvalue weighted by Crippen LogP contribution is 2.29. The fourth-order valence-corrected chi connectivity index (χ4v) is 3.30. The number of rotatable bonds is 3. The third-order valence-corrected chi connectivity index (χ3v) is 4.80. The maximum Gasteiger partial charge on any atom is 0.255 e. The van der Waals surface area contributed by atoms with Gasteiger partial charge in [-0.25, -0.2) is 0 Å². The molecule has 0 aliphatic carbocycles. The average Bonchev–Trinajstić information content (AvgIpc) is 2.89. The molecule has 2 aliphatic rings. The summed E-state index contributed by atoms with van der Waals surface area (Å²) in [5, 5.41) is 3.23. The Hall–Kier alpha value is -2.13. The summed E-state index contributed by atoms with van der Waals surface area (Å²) in [5.74, 6) is 5.43. The molecule has 0 radical (unpaired) electrons. The molecule has 124 valence electrons. The van der Waals surface area contributed by atoms with Crippen molar-refractivity contribution in [2.45, 2.75) is 38.3 Å². The summed E-state index contributed by atoms with van der Waals surface area (Å²) >= 11 is 3.37. The van der Waals surface area contributed by atoms with E-state index >= 15 is 0 Å². The van der Waals surface area contributed by atoms with Gasteiger partial charge in [0.1, 0.15) is 6.04 Å². The van der Waals surface area contributed by atoms with Gasteiger partial charge < -0.3 is 4.90 Å². The summed E-state index contributed by atoms with van der Waals surface area (Å²) in [4.78, 5) is 37.6. The number of nitrogens with one attached hydrogen (secondary N) is 1. The van der Waals surface area contributed by atoms with Crippen molar-refractivity contribution in [3.05, 3.63) is 34.9 Å². The Kier molecular flexibility index (Phi) is 5.00. The van der Waals surface area contributed by atoms with Crippen LogP contribution in [0.5, 0.6) is 0 Å². The topological polar surface area (TPSA) is 66.5 Å². The van der Waals surface area contributed by atoms with Crippen LogP contribution in [0.15, 0.2) is 18.2 Å². The highest BCUT2D eigenvalue weighted by atomic mass is 79.9. The first-order valence-corrected chi connectivity index (χ1v) is 9.05. The minimum absolute atomic E-state index is 0.163. The summed E-state index contributed by atoms with van der Waals surface area (Å²) in [7, 11) is 0. The van der Waals surface area contributed by atoms with Gasteiger partial charge in [0.2, 0.25) is 11.8 Å². The first-order valence-electron chi connectivity index (χ1n) is 7.93. The summed E-state index contributed by atoms with van der Waals surface area (Å²) in [6.45, 7) is 0.365. The summed E-state index contributed by atoms with van der Waals surface area (Å²) in [6, 6.07) is 4.91. The van der Waals surface area contributed by atoms with Crippen molar-refractivity contribution in [3.8, 4) is 11.8 Å². The van der Waals surface area contributed by atoms with Crippen LogP contribution in [0.3, 0.4) is 0 Å². The number of carbonyl (C=O) groups excluding carboxylic acids is 3. The quantitative estimate of drug-likeness (QED) is 0.372. The lowest BCUT2D eigenvalue weighted by Crippen LogP contribution is -2.52. The molecule has 24 heavy (non-hydrogen) atoms. The van der Waals surface area contributed by atoms with Gasteiger partial charge in [0.15, 0.2) is 0 Å². The number of hydrogen-bond acceptors (Lipinski definition) is 3. The zero-order chi connectivity index (χ0) is 17.1. The van der Waals surface area contributed by atoms with Crippen molar-refractivity contribution in [1.82, 2.24) is 10.2 Å². The standard InChI is InChI=1S/C18H17BrN2O3/c19-10-3-1-2-5-12-6-4-7-13-14(12)11-21(18(13)24)15-8-9-16(22)20-17(15)23/h4,6-7,15H,1,3,8-11H2,(H,20,22,23). The summed E-state index contributed by atoms with van der Waals surface area (Å²) in [5.41, 5.74) is 2.32. The van der Waals surface area contributed by atoms with Gasteiger partial charge in [-0.3, -0.25) is 19.7 Å². The number of nitrogens with zero attached hydrogens (tertiary/aromatic N) is 1. The van der Waals surface area contributed by atoms with E-state index in [4.69, 9.17) is 0 Å². The summed E-state index contributed by atoms with van der Waals surface area (Å²) in [6.07, 6.45) is 2.40. The lowest BCUT2D eigenvalue weighted by Gasteiger charge is -2.29. The van der Waals surface area contributed by atoms with Crippen LogP contribution in [-0.4, -0.2) is 34.0 Å². The monoisotopic (exact) mass is 388 g/mol. The Bertz CT molecular complexity index is 763. The fourth-order valence-electron chi connectivity index (χ4n) is 3.02. The number of alkyl halides is 1. The second kappa shape index (κ2) is 7.18. The number of benzene rings is 1. The normalized spacial score (nSPS) is 19.6. The number of carbonyl (C=O) groups is 3. The number of hydrogen-bond donors (Lipinski definition) is 1. The third-order valence-electron chi connectivity index (χ3n) is 4.24. The van der Waals surface area contributed by atoms with Crippen molar-refractivity contribution in [1.29, 1.82) is 0 Å². The van der Waals surface area contributed by atoms with Crippen LogP contribution >= 0.6 is 15.9 Å². The van der Waals surface area contributed by atoms with Crippen molar-refractivity contribution in [2.75, 3.05) is 5.33 Å². The maximum absolute atomic E-state index is 12.7. The molecule has 1 aromatic rings. The van der Waals surface area contributed by atoms with E-state index in [9.17, 15) is 14.4 Å². The second-order valence-corrected chi connectivity index (χ2v) is 6.62. The molecule has 2 aliphatic heterocycles. The van der Waals surface area contributed by atoms with Crippen LogP contribution in [-0.2, 0) is 16.1 Å². The number of fused-ring (bicyclic) bond motifs is 1. The molecule has 3 amide bonds. The van der Waals surface area contributed by atoms with E-state index in [-0.39, 0.29) is 18.2 Å². The van der Waals surface area contributed by atoms with E-state index in [0.717, 1.165) is 29.3 Å². The average molecular weight is 389 g/mol. The molecule has 0 spiro atoms. The predicted molar refractivity (Wildman–Crippen MR) is 92.4 cm³/mol. The van der Waals surface area contributed by atoms with E-state index in [1.54, 1.807) is 11.0 Å².